The summed E-state index contributed by atoms with van der Waals surface area (Å²) in [5.74, 6) is -0.563. The lowest BCUT2D eigenvalue weighted by atomic mass is 9.76. The standard InChI is InChI=1S/C22H23F3N2O/c1-13-10-11-17-19(27-21(26-17)22(23,24)25)18(13)20-16(9-6-12-28-20)14(2)15-7-4-3-5-8-15/h3-5,7-8,10-11,14,16,20H,6,9,12H2,1-2H3,(H,26,27)/t14?,16-,20-/m0/s1. The van der Waals surface area contributed by atoms with Crippen LogP contribution in [0.5, 0.6) is 0 Å². The number of alkyl halides is 3. The molecule has 28 heavy (non-hydrogen) atoms. The van der Waals surface area contributed by atoms with Crippen molar-refractivity contribution < 1.29 is 17.9 Å². The van der Waals surface area contributed by atoms with E-state index in [2.05, 4.69) is 29.0 Å². The molecule has 3 aromatic rings. The largest absolute Gasteiger partial charge is 0.449 e. The van der Waals surface area contributed by atoms with E-state index < -0.39 is 12.0 Å². The summed E-state index contributed by atoms with van der Waals surface area (Å²) in [6.45, 7) is 4.69. The van der Waals surface area contributed by atoms with Gasteiger partial charge in [0.25, 0.3) is 0 Å². The number of benzene rings is 2. The molecule has 148 valence electrons. The molecule has 6 heteroatoms. The number of hydrogen-bond acceptors (Lipinski definition) is 2. The Morgan fingerprint density at radius 1 is 1.14 bits per heavy atom. The Hall–Kier alpha value is -2.34. The number of aryl methyl sites for hydroxylation is 1. The van der Waals surface area contributed by atoms with Crippen molar-refractivity contribution in [2.45, 2.75) is 44.9 Å². The first-order valence-corrected chi connectivity index (χ1v) is 9.59. The number of H-pyrrole nitrogens is 1. The maximum atomic E-state index is 13.2. The van der Waals surface area contributed by atoms with E-state index >= 15 is 0 Å². The minimum Gasteiger partial charge on any atom is -0.373 e. The molecule has 1 unspecified atom stereocenters. The van der Waals surface area contributed by atoms with Gasteiger partial charge >= 0.3 is 6.18 Å². The number of aromatic nitrogens is 2. The molecule has 1 N–H and O–H groups in total. The zero-order chi connectivity index (χ0) is 19.9. The van der Waals surface area contributed by atoms with Crippen LogP contribution in [0.4, 0.5) is 13.2 Å². The summed E-state index contributed by atoms with van der Waals surface area (Å²) in [5, 5.41) is 0. The maximum absolute atomic E-state index is 13.2. The number of fused-ring (bicyclic) bond motifs is 1. The molecule has 2 heterocycles. The molecule has 0 spiro atoms. The van der Waals surface area contributed by atoms with E-state index in [1.807, 2.05) is 31.2 Å². The van der Waals surface area contributed by atoms with Gasteiger partial charge in [0.05, 0.1) is 17.1 Å². The molecule has 1 aromatic heterocycles. The molecule has 2 aromatic carbocycles. The maximum Gasteiger partial charge on any atom is 0.449 e. The summed E-state index contributed by atoms with van der Waals surface area (Å²) >= 11 is 0. The van der Waals surface area contributed by atoms with Gasteiger partial charge in [-0.1, -0.05) is 43.3 Å². The molecule has 1 saturated heterocycles. The lowest BCUT2D eigenvalue weighted by Gasteiger charge is -2.37. The second-order valence-corrected chi connectivity index (χ2v) is 7.57. The Kier molecular flexibility index (Phi) is 4.91. The van der Waals surface area contributed by atoms with Gasteiger partial charge in [0, 0.05) is 12.2 Å². The van der Waals surface area contributed by atoms with Crippen LogP contribution in [0.1, 0.15) is 54.3 Å². The number of nitrogens with one attached hydrogen (secondary N) is 1. The average Bonchev–Trinajstić information content (AvgIpc) is 3.13. The number of ether oxygens (including phenoxy) is 1. The van der Waals surface area contributed by atoms with Crippen LogP contribution in [0.15, 0.2) is 42.5 Å². The lowest BCUT2D eigenvalue weighted by Crippen LogP contribution is -2.27. The fraction of sp³-hybridized carbons (Fsp3) is 0.409. The summed E-state index contributed by atoms with van der Waals surface area (Å²) in [5.41, 5.74) is 3.66. The molecule has 1 aliphatic rings. The van der Waals surface area contributed by atoms with Gasteiger partial charge in [0.2, 0.25) is 5.82 Å². The SMILES string of the molecule is Cc1ccc2[nH]c(C(F)(F)F)nc2c1[C@H]1OCCC[C@H]1C(C)c1ccccc1. The summed E-state index contributed by atoms with van der Waals surface area (Å²) in [6, 6.07) is 13.7. The van der Waals surface area contributed by atoms with Crippen molar-refractivity contribution in [3.63, 3.8) is 0 Å². The zero-order valence-electron chi connectivity index (χ0n) is 15.9. The molecule has 1 aliphatic heterocycles. The Labute approximate surface area is 161 Å². The molecule has 0 amide bonds. The second kappa shape index (κ2) is 7.24. The molecular formula is C22H23F3N2O. The third-order valence-corrected chi connectivity index (χ3v) is 5.80. The highest BCUT2D eigenvalue weighted by molar-refractivity contribution is 5.81. The van der Waals surface area contributed by atoms with E-state index in [9.17, 15) is 13.2 Å². The van der Waals surface area contributed by atoms with Crippen LogP contribution in [0.2, 0.25) is 0 Å². The molecule has 0 bridgehead atoms. The first kappa shape index (κ1) is 19.0. The van der Waals surface area contributed by atoms with Gasteiger partial charge in [-0.3, -0.25) is 0 Å². The van der Waals surface area contributed by atoms with Crippen molar-refractivity contribution in [3.8, 4) is 0 Å². The van der Waals surface area contributed by atoms with Crippen LogP contribution in [0.3, 0.4) is 0 Å². The van der Waals surface area contributed by atoms with E-state index in [4.69, 9.17) is 4.74 Å². The minimum atomic E-state index is -4.51. The predicted octanol–water partition coefficient (Wildman–Crippen LogP) is 6.16. The fourth-order valence-corrected chi connectivity index (χ4v) is 4.31. The Morgan fingerprint density at radius 3 is 2.61 bits per heavy atom. The van der Waals surface area contributed by atoms with Crippen molar-refractivity contribution in [1.29, 1.82) is 0 Å². The average molecular weight is 388 g/mol. The molecule has 0 aliphatic carbocycles. The number of rotatable bonds is 3. The normalized spacial score (nSPS) is 21.8. The third-order valence-electron chi connectivity index (χ3n) is 5.80. The van der Waals surface area contributed by atoms with E-state index in [1.165, 1.54) is 5.56 Å². The first-order valence-electron chi connectivity index (χ1n) is 9.59. The zero-order valence-corrected chi connectivity index (χ0v) is 15.9. The van der Waals surface area contributed by atoms with Crippen molar-refractivity contribution in [2.75, 3.05) is 6.61 Å². The van der Waals surface area contributed by atoms with Crippen molar-refractivity contribution in [3.05, 3.63) is 65.0 Å². The number of aromatic amines is 1. The number of halogens is 3. The van der Waals surface area contributed by atoms with Crippen LogP contribution >= 0.6 is 0 Å². The number of imidazole rings is 1. The van der Waals surface area contributed by atoms with Crippen molar-refractivity contribution >= 4 is 11.0 Å². The smallest absolute Gasteiger partial charge is 0.373 e. The van der Waals surface area contributed by atoms with Gasteiger partial charge in [0.15, 0.2) is 0 Å². The fourth-order valence-electron chi connectivity index (χ4n) is 4.31. The first-order chi connectivity index (χ1) is 13.4. The van der Waals surface area contributed by atoms with E-state index in [0.717, 1.165) is 24.0 Å². The van der Waals surface area contributed by atoms with Gasteiger partial charge in [-0.25, -0.2) is 4.98 Å². The van der Waals surface area contributed by atoms with Gasteiger partial charge in [-0.15, -0.1) is 0 Å². The quantitative estimate of drug-likeness (QED) is 0.583. The molecular weight excluding hydrogens is 365 g/mol. The summed E-state index contributed by atoms with van der Waals surface area (Å²) in [7, 11) is 0. The molecule has 3 atom stereocenters. The van der Waals surface area contributed by atoms with Crippen LogP contribution < -0.4 is 0 Å². The van der Waals surface area contributed by atoms with Crippen LogP contribution in [-0.2, 0) is 10.9 Å². The van der Waals surface area contributed by atoms with Crippen molar-refractivity contribution in [2.24, 2.45) is 5.92 Å². The Bertz CT molecular complexity index is 965. The van der Waals surface area contributed by atoms with Crippen molar-refractivity contribution in [1.82, 2.24) is 9.97 Å². The highest BCUT2D eigenvalue weighted by Gasteiger charge is 2.38. The predicted molar refractivity (Wildman–Crippen MR) is 102 cm³/mol. The van der Waals surface area contributed by atoms with Crippen LogP contribution in [-0.4, -0.2) is 16.6 Å². The Morgan fingerprint density at radius 2 is 1.89 bits per heavy atom. The Balaban J connectivity index is 1.80. The molecule has 0 saturated carbocycles. The van der Waals surface area contributed by atoms with E-state index in [1.54, 1.807) is 6.07 Å². The summed E-state index contributed by atoms with van der Waals surface area (Å²) in [4.78, 5) is 6.35. The van der Waals surface area contributed by atoms with E-state index in [-0.39, 0.29) is 17.9 Å². The molecule has 0 radical (unpaired) electrons. The van der Waals surface area contributed by atoms with Gasteiger partial charge in [-0.05, 0) is 48.8 Å². The molecule has 1 fully saturated rings. The summed E-state index contributed by atoms with van der Waals surface area (Å²) < 4.78 is 45.8. The molecule has 4 rings (SSSR count). The highest BCUT2D eigenvalue weighted by Crippen LogP contribution is 2.45. The lowest BCUT2D eigenvalue weighted by molar-refractivity contribution is -0.144. The third kappa shape index (κ3) is 3.41. The van der Waals surface area contributed by atoms with Gasteiger partial charge < -0.3 is 9.72 Å². The highest BCUT2D eigenvalue weighted by atomic mass is 19.4. The monoisotopic (exact) mass is 388 g/mol. The number of hydrogen-bond donors (Lipinski definition) is 1. The van der Waals surface area contributed by atoms with Gasteiger partial charge in [-0.2, -0.15) is 13.2 Å². The van der Waals surface area contributed by atoms with E-state index in [0.29, 0.717) is 17.6 Å². The van der Waals surface area contributed by atoms with Gasteiger partial charge in [0.1, 0.15) is 0 Å². The molecule has 3 nitrogen and oxygen atoms in total. The summed E-state index contributed by atoms with van der Waals surface area (Å²) in [6.07, 6.45) is -2.87. The number of nitrogens with zero attached hydrogens (tertiary/aromatic N) is 1. The minimum absolute atomic E-state index is 0.173. The van der Waals surface area contributed by atoms with Crippen LogP contribution in [0, 0.1) is 12.8 Å². The topological polar surface area (TPSA) is 37.9 Å². The van der Waals surface area contributed by atoms with Crippen LogP contribution in [0.25, 0.3) is 11.0 Å². The second-order valence-electron chi connectivity index (χ2n) is 7.57.